The van der Waals surface area contributed by atoms with Gasteiger partial charge in [-0.05, 0) is 32.5 Å². The van der Waals surface area contributed by atoms with Gasteiger partial charge in [0.15, 0.2) is 0 Å². The van der Waals surface area contributed by atoms with Crippen LogP contribution in [0, 0.1) is 0 Å². The van der Waals surface area contributed by atoms with Crippen LogP contribution in [0.25, 0.3) is 0 Å². The van der Waals surface area contributed by atoms with E-state index in [0.29, 0.717) is 24.8 Å². The first-order chi connectivity index (χ1) is 8.65. The topological polar surface area (TPSA) is 58.1 Å². The summed E-state index contributed by atoms with van der Waals surface area (Å²) in [5.41, 5.74) is 1.21. The number of nitrogens with one attached hydrogen (secondary N) is 1. The van der Waals surface area contributed by atoms with Crippen molar-refractivity contribution in [1.29, 1.82) is 0 Å². The number of Topliss-reactive ketones (excluding diaryl/α,β-unsaturated/α-hetero) is 1. The second-order valence-electron chi connectivity index (χ2n) is 4.97. The Morgan fingerprint density at radius 3 is 2.78 bits per heavy atom. The molecule has 1 aliphatic heterocycles. The van der Waals surface area contributed by atoms with Crippen LogP contribution >= 0.6 is 0 Å². The predicted molar refractivity (Wildman–Crippen MR) is 70.7 cm³/mol. The number of ketones is 1. The number of hydrogen-bond donors (Lipinski definition) is 1. The second kappa shape index (κ2) is 5.91. The summed E-state index contributed by atoms with van der Waals surface area (Å²) in [4.78, 5) is 21.7. The molecule has 1 aromatic rings. The third kappa shape index (κ3) is 3.50. The number of nitrogens with zero attached hydrogens (tertiary/aromatic N) is 3. The summed E-state index contributed by atoms with van der Waals surface area (Å²) >= 11 is 0. The number of likely N-dealkylation sites (N-methyl/N-ethyl adjacent to an activating group) is 1. The maximum atomic E-state index is 10.8. The van der Waals surface area contributed by atoms with E-state index in [2.05, 4.69) is 27.2 Å². The van der Waals surface area contributed by atoms with Gasteiger partial charge >= 0.3 is 0 Å². The molecule has 1 N–H and O–H groups in total. The first kappa shape index (κ1) is 13.0. The highest BCUT2D eigenvalue weighted by Gasteiger charge is 2.21. The van der Waals surface area contributed by atoms with Crippen molar-refractivity contribution in [2.75, 3.05) is 32.0 Å². The number of anilines is 1. The minimum atomic E-state index is 0.174. The lowest BCUT2D eigenvalue weighted by molar-refractivity contribution is -0.116. The van der Waals surface area contributed by atoms with E-state index in [1.807, 2.05) is 12.4 Å². The van der Waals surface area contributed by atoms with E-state index in [-0.39, 0.29) is 5.78 Å². The Hall–Kier alpha value is -1.49. The number of hydrogen-bond acceptors (Lipinski definition) is 5. The minimum absolute atomic E-state index is 0.174. The van der Waals surface area contributed by atoms with Gasteiger partial charge in [0.1, 0.15) is 5.78 Å². The maximum absolute atomic E-state index is 10.8. The molecule has 5 nitrogen and oxygen atoms in total. The van der Waals surface area contributed by atoms with Gasteiger partial charge in [0.25, 0.3) is 0 Å². The fourth-order valence-corrected chi connectivity index (χ4v) is 2.20. The molecule has 2 heterocycles. The zero-order valence-electron chi connectivity index (χ0n) is 11.0. The molecule has 0 radical (unpaired) electrons. The normalized spacial score (nSPS) is 20.0. The number of aromatic nitrogens is 2. The molecule has 0 amide bonds. The Kier molecular flexibility index (Phi) is 4.25. The summed E-state index contributed by atoms with van der Waals surface area (Å²) < 4.78 is 0. The van der Waals surface area contributed by atoms with Crippen LogP contribution in [0.5, 0.6) is 0 Å². The van der Waals surface area contributed by atoms with Gasteiger partial charge in [0, 0.05) is 37.8 Å². The van der Waals surface area contributed by atoms with Crippen molar-refractivity contribution in [3.8, 4) is 0 Å². The quantitative estimate of drug-likeness (QED) is 0.851. The average Bonchev–Trinajstić information content (AvgIpc) is 2.76. The molecule has 1 aliphatic rings. The van der Waals surface area contributed by atoms with Gasteiger partial charge in [-0.1, -0.05) is 0 Å². The van der Waals surface area contributed by atoms with Crippen molar-refractivity contribution in [1.82, 2.24) is 14.9 Å². The van der Waals surface area contributed by atoms with Gasteiger partial charge in [0.2, 0.25) is 5.95 Å². The van der Waals surface area contributed by atoms with Crippen molar-refractivity contribution in [3.05, 3.63) is 18.0 Å². The summed E-state index contributed by atoms with van der Waals surface area (Å²) in [5, 5.41) is 3.05. The van der Waals surface area contributed by atoms with E-state index in [9.17, 15) is 4.79 Å². The van der Waals surface area contributed by atoms with Gasteiger partial charge in [-0.3, -0.25) is 4.79 Å². The zero-order chi connectivity index (χ0) is 13.0. The minimum Gasteiger partial charge on any atom is -0.354 e. The molecular weight excluding hydrogens is 228 g/mol. The van der Waals surface area contributed by atoms with Crippen LogP contribution in [-0.2, 0) is 4.79 Å². The first-order valence-corrected chi connectivity index (χ1v) is 6.39. The molecule has 0 aromatic carbocycles. The van der Waals surface area contributed by atoms with Gasteiger partial charge < -0.3 is 10.2 Å². The molecular formula is C13H20N4O. The number of carbonyl (C=O) groups excluding carboxylic acids is 1. The zero-order valence-corrected chi connectivity index (χ0v) is 11.0. The molecule has 1 unspecified atom stereocenters. The van der Waals surface area contributed by atoms with E-state index in [1.165, 1.54) is 12.0 Å². The number of rotatable bonds is 5. The van der Waals surface area contributed by atoms with Crippen LogP contribution in [-0.4, -0.2) is 47.3 Å². The van der Waals surface area contributed by atoms with Crippen molar-refractivity contribution in [3.63, 3.8) is 0 Å². The van der Waals surface area contributed by atoms with E-state index in [0.717, 1.165) is 13.1 Å². The van der Waals surface area contributed by atoms with E-state index < -0.39 is 0 Å². The number of carbonyl (C=O) groups is 1. The van der Waals surface area contributed by atoms with E-state index in [4.69, 9.17) is 0 Å². The second-order valence-corrected chi connectivity index (χ2v) is 4.97. The molecule has 1 aromatic heterocycles. The summed E-state index contributed by atoms with van der Waals surface area (Å²) in [6.45, 7) is 4.41. The molecule has 0 bridgehead atoms. The van der Waals surface area contributed by atoms with Crippen LogP contribution in [0.2, 0.25) is 0 Å². The molecule has 2 rings (SSSR count). The smallest absolute Gasteiger partial charge is 0.222 e. The SMILES string of the molecule is CC(=O)CCNc1ncc(C2CCN(C)C2)cn1. The lowest BCUT2D eigenvalue weighted by atomic mass is 10.0. The fourth-order valence-electron chi connectivity index (χ4n) is 2.20. The summed E-state index contributed by atoms with van der Waals surface area (Å²) in [6, 6.07) is 0. The largest absolute Gasteiger partial charge is 0.354 e. The molecule has 0 saturated carbocycles. The van der Waals surface area contributed by atoms with Gasteiger partial charge in [-0.25, -0.2) is 9.97 Å². The third-order valence-corrected chi connectivity index (χ3v) is 3.29. The molecule has 0 aliphatic carbocycles. The van der Waals surface area contributed by atoms with Crippen molar-refractivity contribution in [2.24, 2.45) is 0 Å². The summed E-state index contributed by atoms with van der Waals surface area (Å²) in [7, 11) is 2.14. The van der Waals surface area contributed by atoms with Gasteiger partial charge in [0.05, 0.1) is 0 Å². The maximum Gasteiger partial charge on any atom is 0.222 e. The van der Waals surface area contributed by atoms with Crippen LogP contribution in [0.4, 0.5) is 5.95 Å². The molecule has 5 heteroatoms. The molecule has 98 valence electrons. The van der Waals surface area contributed by atoms with Crippen LogP contribution in [0.1, 0.15) is 31.2 Å². The lowest BCUT2D eigenvalue weighted by Crippen LogP contribution is -2.13. The lowest BCUT2D eigenvalue weighted by Gasteiger charge is -2.10. The van der Waals surface area contributed by atoms with Crippen molar-refractivity contribution >= 4 is 11.7 Å². The van der Waals surface area contributed by atoms with Crippen LogP contribution < -0.4 is 5.32 Å². The fraction of sp³-hybridized carbons (Fsp3) is 0.615. The molecule has 1 atom stereocenters. The average molecular weight is 248 g/mol. The molecule has 0 spiro atoms. The van der Waals surface area contributed by atoms with E-state index in [1.54, 1.807) is 6.92 Å². The van der Waals surface area contributed by atoms with Crippen LogP contribution in [0.15, 0.2) is 12.4 Å². The Morgan fingerprint density at radius 1 is 1.50 bits per heavy atom. The first-order valence-electron chi connectivity index (χ1n) is 6.39. The van der Waals surface area contributed by atoms with Crippen molar-refractivity contribution in [2.45, 2.75) is 25.7 Å². The highest BCUT2D eigenvalue weighted by Crippen LogP contribution is 2.25. The highest BCUT2D eigenvalue weighted by molar-refractivity contribution is 5.75. The Balaban J connectivity index is 1.87. The Bertz CT molecular complexity index is 404. The highest BCUT2D eigenvalue weighted by atomic mass is 16.1. The Morgan fingerprint density at radius 2 is 2.22 bits per heavy atom. The Labute approximate surface area is 108 Å². The van der Waals surface area contributed by atoms with Crippen LogP contribution in [0.3, 0.4) is 0 Å². The van der Waals surface area contributed by atoms with Gasteiger partial charge in [-0.15, -0.1) is 0 Å². The molecule has 1 fully saturated rings. The predicted octanol–water partition coefficient (Wildman–Crippen LogP) is 1.29. The standard InChI is InChI=1S/C13H20N4O/c1-10(18)3-5-14-13-15-7-12(8-16-13)11-4-6-17(2)9-11/h7-8,11H,3-6,9H2,1-2H3,(H,14,15,16). The summed E-state index contributed by atoms with van der Waals surface area (Å²) in [5.74, 6) is 1.33. The monoisotopic (exact) mass is 248 g/mol. The van der Waals surface area contributed by atoms with E-state index >= 15 is 0 Å². The third-order valence-electron chi connectivity index (χ3n) is 3.29. The summed E-state index contributed by atoms with van der Waals surface area (Å²) in [6.07, 6.45) is 5.48. The van der Waals surface area contributed by atoms with Gasteiger partial charge in [-0.2, -0.15) is 0 Å². The molecule has 1 saturated heterocycles. The van der Waals surface area contributed by atoms with Crippen molar-refractivity contribution < 1.29 is 4.79 Å². The molecule has 18 heavy (non-hydrogen) atoms. The number of likely N-dealkylation sites (tertiary alicyclic amines) is 1.